The number of hydrogen-bond acceptors (Lipinski definition) is 3. The molecule has 0 amide bonds. The van der Waals surface area contributed by atoms with Crippen LogP contribution in [0, 0.1) is 5.92 Å². The number of para-hydroxylation sites is 1. The zero-order valence-corrected chi connectivity index (χ0v) is 12.1. The fraction of sp³-hybridized carbons (Fsp3) is 0.471. The Labute approximate surface area is 121 Å². The van der Waals surface area contributed by atoms with E-state index in [-0.39, 0.29) is 12.0 Å². The maximum absolute atomic E-state index is 11.8. The number of nitrogens with one attached hydrogen (secondary N) is 1. The molecule has 3 heteroatoms. The average Bonchev–Trinajstić information content (AvgIpc) is 2.53. The summed E-state index contributed by atoms with van der Waals surface area (Å²) in [5, 5.41) is 3.46. The molecule has 0 heterocycles. The van der Waals surface area contributed by atoms with Crippen LogP contribution >= 0.6 is 0 Å². The molecular weight excluding hydrogens is 250 g/mol. The first-order valence-corrected chi connectivity index (χ1v) is 7.31. The molecule has 20 heavy (non-hydrogen) atoms. The Balaban J connectivity index is 2.14. The predicted octanol–water partition coefficient (Wildman–Crippen LogP) is 3.78. The van der Waals surface area contributed by atoms with Gasteiger partial charge in [-0.2, -0.15) is 0 Å². The lowest BCUT2D eigenvalue weighted by Crippen LogP contribution is -2.35. The number of carbonyl (C=O) groups is 1. The first kappa shape index (κ1) is 14.6. The molecule has 1 aliphatic rings. The van der Waals surface area contributed by atoms with Gasteiger partial charge in [-0.15, -0.1) is 0 Å². The number of ether oxygens (including phenoxy) is 1. The molecular formula is C17H23NO2. The van der Waals surface area contributed by atoms with Gasteiger partial charge in [0.15, 0.2) is 0 Å². The van der Waals surface area contributed by atoms with Crippen molar-refractivity contribution in [2.45, 2.75) is 38.1 Å². The minimum absolute atomic E-state index is 0.0369. The Morgan fingerprint density at radius 1 is 1.25 bits per heavy atom. The molecule has 0 radical (unpaired) electrons. The van der Waals surface area contributed by atoms with Crippen LogP contribution in [-0.2, 0) is 9.53 Å². The van der Waals surface area contributed by atoms with Crippen molar-refractivity contribution >= 4 is 11.7 Å². The van der Waals surface area contributed by atoms with E-state index in [1.807, 2.05) is 30.3 Å². The summed E-state index contributed by atoms with van der Waals surface area (Å²) in [5.74, 6) is 0.138. The van der Waals surface area contributed by atoms with Crippen LogP contribution in [0.15, 0.2) is 42.5 Å². The minimum atomic E-state index is -0.316. The van der Waals surface area contributed by atoms with Gasteiger partial charge in [-0.3, -0.25) is 0 Å². The molecule has 0 saturated heterocycles. The summed E-state index contributed by atoms with van der Waals surface area (Å²) in [6.45, 7) is 3.96. The standard InChI is InChI=1S/C17H23NO2/c1-13(17(19)20-2)16(14-9-5-3-6-10-14)18-15-11-7-4-8-12-15/h4,7-8,11-12,14,16,18H,1,3,5-6,9-10H2,2H3. The van der Waals surface area contributed by atoms with Crippen LogP contribution in [-0.4, -0.2) is 19.1 Å². The molecule has 1 saturated carbocycles. The van der Waals surface area contributed by atoms with Crippen molar-refractivity contribution in [3.8, 4) is 0 Å². The summed E-state index contributed by atoms with van der Waals surface area (Å²) < 4.78 is 4.84. The Hall–Kier alpha value is -1.77. The van der Waals surface area contributed by atoms with Gasteiger partial charge >= 0.3 is 5.97 Å². The Bertz CT molecular complexity index is 449. The number of benzene rings is 1. The van der Waals surface area contributed by atoms with Gasteiger partial charge in [0, 0.05) is 5.69 Å². The van der Waals surface area contributed by atoms with Gasteiger partial charge < -0.3 is 10.1 Å². The maximum Gasteiger partial charge on any atom is 0.335 e. The molecule has 1 N–H and O–H groups in total. The molecule has 2 rings (SSSR count). The third kappa shape index (κ3) is 3.62. The quantitative estimate of drug-likeness (QED) is 0.655. The van der Waals surface area contributed by atoms with Crippen LogP contribution < -0.4 is 5.32 Å². The average molecular weight is 273 g/mol. The lowest BCUT2D eigenvalue weighted by molar-refractivity contribution is -0.136. The lowest BCUT2D eigenvalue weighted by atomic mass is 9.81. The van der Waals surface area contributed by atoms with Gasteiger partial charge in [0.05, 0.1) is 18.7 Å². The normalized spacial score (nSPS) is 17.2. The summed E-state index contributed by atoms with van der Waals surface area (Å²) >= 11 is 0. The zero-order valence-electron chi connectivity index (χ0n) is 12.1. The second-order valence-electron chi connectivity index (χ2n) is 5.40. The van der Waals surface area contributed by atoms with Crippen molar-refractivity contribution < 1.29 is 9.53 Å². The molecule has 0 bridgehead atoms. The Morgan fingerprint density at radius 3 is 2.50 bits per heavy atom. The minimum Gasteiger partial charge on any atom is -0.466 e. The summed E-state index contributed by atoms with van der Waals surface area (Å²) in [7, 11) is 1.41. The molecule has 1 atom stereocenters. The van der Waals surface area contributed by atoms with Crippen molar-refractivity contribution in [2.75, 3.05) is 12.4 Å². The van der Waals surface area contributed by atoms with E-state index in [0.717, 1.165) is 18.5 Å². The van der Waals surface area contributed by atoms with Crippen LogP contribution in [0.2, 0.25) is 0 Å². The van der Waals surface area contributed by atoms with Crippen molar-refractivity contribution in [2.24, 2.45) is 5.92 Å². The smallest absolute Gasteiger partial charge is 0.335 e. The number of methoxy groups -OCH3 is 1. The summed E-state index contributed by atoms with van der Waals surface area (Å²) in [4.78, 5) is 11.8. The van der Waals surface area contributed by atoms with Gasteiger partial charge in [0.2, 0.25) is 0 Å². The van der Waals surface area contributed by atoms with E-state index in [9.17, 15) is 4.79 Å². The van der Waals surface area contributed by atoms with Gasteiger partial charge in [-0.1, -0.05) is 44.0 Å². The fourth-order valence-corrected chi connectivity index (χ4v) is 2.93. The molecule has 0 spiro atoms. The summed E-state index contributed by atoms with van der Waals surface area (Å²) in [5.41, 5.74) is 1.55. The van der Waals surface area contributed by atoms with Crippen molar-refractivity contribution in [1.82, 2.24) is 0 Å². The highest BCUT2D eigenvalue weighted by Crippen LogP contribution is 2.31. The molecule has 1 fully saturated rings. The van der Waals surface area contributed by atoms with Crippen molar-refractivity contribution in [1.29, 1.82) is 0 Å². The third-order valence-electron chi connectivity index (χ3n) is 4.04. The molecule has 3 nitrogen and oxygen atoms in total. The number of esters is 1. The highest BCUT2D eigenvalue weighted by molar-refractivity contribution is 5.89. The topological polar surface area (TPSA) is 38.3 Å². The van der Waals surface area contributed by atoms with E-state index in [1.54, 1.807) is 0 Å². The lowest BCUT2D eigenvalue weighted by Gasteiger charge is -2.32. The zero-order chi connectivity index (χ0) is 14.4. The van der Waals surface area contributed by atoms with E-state index < -0.39 is 0 Å². The van der Waals surface area contributed by atoms with Crippen LogP contribution in [0.5, 0.6) is 0 Å². The highest BCUT2D eigenvalue weighted by atomic mass is 16.5. The largest absolute Gasteiger partial charge is 0.466 e. The van der Waals surface area contributed by atoms with Crippen molar-refractivity contribution in [3.05, 3.63) is 42.5 Å². The fourth-order valence-electron chi connectivity index (χ4n) is 2.93. The SMILES string of the molecule is C=C(C(=O)OC)C(Nc1ccccc1)C1CCCCC1. The molecule has 108 valence electrons. The number of carbonyl (C=O) groups excluding carboxylic acids is 1. The molecule has 0 aromatic heterocycles. The van der Waals surface area contributed by atoms with Gasteiger partial charge in [0.25, 0.3) is 0 Å². The van der Waals surface area contributed by atoms with Gasteiger partial charge in [-0.05, 0) is 30.9 Å². The molecule has 0 aliphatic heterocycles. The molecule has 1 aliphatic carbocycles. The van der Waals surface area contributed by atoms with E-state index in [0.29, 0.717) is 11.5 Å². The van der Waals surface area contributed by atoms with Gasteiger partial charge in [0.1, 0.15) is 0 Å². The molecule has 1 aromatic carbocycles. The van der Waals surface area contributed by atoms with Crippen LogP contribution in [0.25, 0.3) is 0 Å². The second-order valence-corrected chi connectivity index (χ2v) is 5.40. The first-order chi connectivity index (χ1) is 9.72. The van der Waals surface area contributed by atoms with E-state index >= 15 is 0 Å². The van der Waals surface area contributed by atoms with Crippen LogP contribution in [0.4, 0.5) is 5.69 Å². The van der Waals surface area contributed by atoms with Crippen molar-refractivity contribution in [3.63, 3.8) is 0 Å². The Kier molecular flexibility index (Phi) is 5.22. The predicted molar refractivity (Wildman–Crippen MR) is 81.6 cm³/mol. The molecule has 1 unspecified atom stereocenters. The summed E-state index contributed by atoms with van der Waals surface area (Å²) in [6, 6.07) is 9.95. The number of rotatable bonds is 5. The monoisotopic (exact) mass is 273 g/mol. The maximum atomic E-state index is 11.8. The molecule has 1 aromatic rings. The third-order valence-corrected chi connectivity index (χ3v) is 4.04. The number of anilines is 1. The van der Waals surface area contributed by atoms with Crippen LogP contribution in [0.3, 0.4) is 0 Å². The van der Waals surface area contributed by atoms with Crippen LogP contribution in [0.1, 0.15) is 32.1 Å². The van der Waals surface area contributed by atoms with E-state index in [4.69, 9.17) is 4.74 Å². The highest BCUT2D eigenvalue weighted by Gasteiger charge is 2.29. The first-order valence-electron chi connectivity index (χ1n) is 7.31. The summed E-state index contributed by atoms with van der Waals surface area (Å²) in [6.07, 6.45) is 6.03. The Morgan fingerprint density at radius 2 is 1.90 bits per heavy atom. The van der Waals surface area contributed by atoms with E-state index in [2.05, 4.69) is 11.9 Å². The second kappa shape index (κ2) is 7.13. The number of hydrogen-bond donors (Lipinski definition) is 1. The van der Waals surface area contributed by atoms with E-state index in [1.165, 1.54) is 26.4 Å². The van der Waals surface area contributed by atoms with Gasteiger partial charge in [-0.25, -0.2) is 4.79 Å².